The lowest BCUT2D eigenvalue weighted by atomic mass is 9.52. The third-order valence-electron chi connectivity index (χ3n) is 6.35. The minimum atomic E-state index is -0.717. The Kier molecular flexibility index (Phi) is 4.99. The highest BCUT2D eigenvalue weighted by molar-refractivity contribution is 6.44. The molecule has 1 saturated heterocycles. The van der Waals surface area contributed by atoms with Crippen LogP contribution in [0.25, 0.3) is 0 Å². The molecule has 0 aromatic carbocycles. The Morgan fingerprint density at radius 3 is 2.57 bits per heavy atom. The van der Waals surface area contributed by atoms with Gasteiger partial charge in [-0.05, 0) is 55.6 Å². The maximum atomic E-state index is 12.6. The molecule has 160 valence electrons. The Morgan fingerprint density at radius 2 is 1.93 bits per heavy atom. The number of urea groups is 1. The van der Waals surface area contributed by atoms with Gasteiger partial charge in [0.25, 0.3) is 5.91 Å². The van der Waals surface area contributed by atoms with Crippen LogP contribution in [0.4, 0.5) is 4.79 Å². The summed E-state index contributed by atoms with van der Waals surface area (Å²) in [5, 5.41) is 0. The first kappa shape index (κ1) is 20.3. The Morgan fingerprint density at radius 1 is 1.23 bits per heavy atom. The number of aromatic nitrogens is 1. The fourth-order valence-electron chi connectivity index (χ4n) is 4.70. The zero-order valence-electron chi connectivity index (χ0n) is 17.2. The molecule has 4 rings (SSSR count). The number of hydrogen-bond donors (Lipinski definition) is 1. The number of carbonyl (C=O) groups excluding carboxylic acids is 4. The molecule has 9 heteroatoms. The first-order valence-corrected chi connectivity index (χ1v) is 10.3. The summed E-state index contributed by atoms with van der Waals surface area (Å²) in [5.41, 5.74) is 5.61. The fourth-order valence-corrected chi connectivity index (χ4v) is 4.70. The third-order valence-corrected chi connectivity index (χ3v) is 6.35. The molecule has 1 aromatic rings. The summed E-state index contributed by atoms with van der Waals surface area (Å²) in [4.78, 5) is 55.0. The van der Waals surface area contributed by atoms with Crippen molar-refractivity contribution in [3.63, 3.8) is 0 Å². The highest BCUT2D eigenvalue weighted by Crippen LogP contribution is 2.58. The molecule has 2 heterocycles. The number of nitrogens with zero attached hydrogens (tertiary/aromatic N) is 3. The van der Waals surface area contributed by atoms with E-state index >= 15 is 0 Å². The zero-order chi connectivity index (χ0) is 21.6. The molecule has 1 aliphatic heterocycles. The van der Waals surface area contributed by atoms with Crippen molar-refractivity contribution in [2.45, 2.75) is 58.1 Å². The normalized spacial score (nSPS) is 28.2. The lowest BCUT2D eigenvalue weighted by Crippen LogP contribution is -2.60. The van der Waals surface area contributed by atoms with Gasteiger partial charge < -0.3 is 10.5 Å². The van der Waals surface area contributed by atoms with Crippen LogP contribution in [0, 0.1) is 11.3 Å². The van der Waals surface area contributed by atoms with Crippen molar-refractivity contribution in [3.8, 4) is 5.88 Å². The second-order valence-corrected chi connectivity index (χ2v) is 9.03. The molecule has 9 nitrogen and oxygen atoms in total. The number of imide groups is 2. The second-order valence-electron chi connectivity index (χ2n) is 9.03. The first-order valence-electron chi connectivity index (χ1n) is 10.3. The predicted octanol–water partition coefficient (Wildman–Crippen LogP) is 1.71. The molecule has 2 aliphatic carbocycles. The first-order chi connectivity index (χ1) is 14.2. The van der Waals surface area contributed by atoms with Crippen LogP contribution in [0.3, 0.4) is 0 Å². The number of hydrogen-bond acceptors (Lipinski definition) is 6. The van der Waals surface area contributed by atoms with Crippen molar-refractivity contribution in [1.29, 1.82) is 0 Å². The quantitative estimate of drug-likeness (QED) is 0.535. The minimum absolute atomic E-state index is 0.00591. The molecule has 30 heavy (non-hydrogen) atoms. The molecule has 0 unspecified atom stereocenters. The molecule has 0 atom stereocenters. The molecular weight excluding hydrogens is 388 g/mol. The highest BCUT2D eigenvalue weighted by Gasteiger charge is 2.59. The Hall–Kier alpha value is -2.97. The van der Waals surface area contributed by atoms with Crippen LogP contribution in [0.2, 0.25) is 0 Å². The van der Waals surface area contributed by atoms with Gasteiger partial charge in [-0.2, -0.15) is 0 Å². The Labute approximate surface area is 174 Å². The molecule has 3 fully saturated rings. The van der Waals surface area contributed by atoms with E-state index in [1.165, 1.54) is 0 Å². The number of pyridine rings is 1. The molecule has 1 spiro atoms. The average molecular weight is 414 g/mol. The van der Waals surface area contributed by atoms with E-state index in [4.69, 9.17) is 10.5 Å². The van der Waals surface area contributed by atoms with E-state index in [-0.39, 0.29) is 35.5 Å². The van der Waals surface area contributed by atoms with Crippen LogP contribution in [-0.4, -0.2) is 57.2 Å². The lowest BCUT2D eigenvalue weighted by molar-refractivity contribution is -0.149. The van der Waals surface area contributed by atoms with Gasteiger partial charge in [0.05, 0.1) is 0 Å². The maximum Gasteiger partial charge on any atom is 0.334 e. The van der Waals surface area contributed by atoms with Gasteiger partial charge in [0.2, 0.25) is 5.88 Å². The summed E-state index contributed by atoms with van der Waals surface area (Å²) in [5.74, 6) is -1.45. The van der Waals surface area contributed by atoms with Crippen LogP contribution < -0.4 is 10.5 Å². The van der Waals surface area contributed by atoms with Crippen LogP contribution in [0.1, 0.15) is 56.3 Å². The van der Waals surface area contributed by atoms with Gasteiger partial charge in [-0.25, -0.2) is 9.78 Å². The number of carbonyl (C=O) groups is 4. The van der Waals surface area contributed by atoms with Gasteiger partial charge in [0.1, 0.15) is 11.7 Å². The molecule has 0 radical (unpaired) electrons. The van der Waals surface area contributed by atoms with Crippen LogP contribution in [0.15, 0.2) is 18.3 Å². The van der Waals surface area contributed by atoms with E-state index in [0.29, 0.717) is 25.2 Å². The summed E-state index contributed by atoms with van der Waals surface area (Å²) < 4.78 is 5.84. The van der Waals surface area contributed by atoms with Crippen molar-refractivity contribution in [2.24, 2.45) is 17.1 Å². The van der Waals surface area contributed by atoms with Crippen molar-refractivity contribution in [2.75, 3.05) is 6.54 Å². The standard InChI is InChI=1S/C21H26N4O5/c1-12(2)5-7-24-18(27)19(28)25(20(24)29)13-8-21(9-13)10-14(11-21)30-17-15(16(22)26)4-3-6-23-17/h3-4,6,12-14H,5,7-11H2,1-2H3,(H2,22,26)/t13-,14-,21?. The Balaban J connectivity index is 1.32. The predicted molar refractivity (Wildman–Crippen MR) is 105 cm³/mol. The molecular formula is C21H26N4O5. The monoisotopic (exact) mass is 414 g/mol. The topological polar surface area (TPSA) is 123 Å². The highest BCUT2D eigenvalue weighted by atomic mass is 16.5. The molecule has 3 aliphatic rings. The summed E-state index contributed by atoms with van der Waals surface area (Å²) in [6.45, 7) is 4.29. The van der Waals surface area contributed by atoms with Crippen molar-refractivity contribution in [3.05, 3.63) is 23.9 Å². The van der Waals surface area contributed by atoms with Crippen molar-refractivity contribution < 1.29 is 23.9 Å². The minimum Gasteiger partial charge on any atom is -0.474 e. The summed E-state index contributed by atoms with van der Waals surface area (Å²) in [6, 6.07) is 2.47. The number of amides is 5. The number of nitrogens with two attached hydrogens (primary N) is 1. The Bertz CT molecular complexity index is 900. The molecule has 5 amide bonds. The number of ether oxygens (including phenoxy) is 1. The van der Waals surface area contributed by atoms with E-state index < -0.39 is 23.8 Å². The lowest BCUT2D eigenvalue weighted by Gasteiger charge is -2.58. The van der Waals surface area contributed by atoms with E-state index in [2.05, 4.69) is 4.98 Å². The summed E-state index contributed by atoms with van der Waals surface area (Å²) in [6.07, 6.45) is 4.96. The van der Waals surface area contributed by atoms with E-state index in [0.717, 1.165) is 22.6 Å². The largest absolute Gasteiger partial charge is 0.474 e. The zero-order valence-corrected chi connectivity index (χ0v) is 17.2. The van der Waals surface area contributed by atoms with Gasteiger partial charge in [0.15, 0.2) is 0 Å². The molecule has 2 saturated carbocycles. The van der Waals surface area contributed by atoms with E-state index in [1.54, 1.807) is 18.3 Å². The smallest absolute Gasteiger partial charge is 0.334 e. The van der Waals surface area contributed by atoms with Crippen molar-refractivity contribution >= 4 is 23.8 Å². The SMILES string of the molecule is CC(C)CCN1C(=O)C(=O)N([C@H]2CC3(C[C@H](Oc4ncccc4C(N)=O)C3)C2)C1=O. The van der Waals surface area contributed by atoms with Gasteiger partial charge >= 0.3 is 17.8 Å². The maximum absolute atomic E-state index is 12.6. The van der Waals surface area contributed by atoms with Gasteiger partial charge in [0, 0.05) is 18.8 Å². The molecule has 0 bridgehead atoms. The second kappa shape index (κ2) is 7.37. The molecule has 2 N–H and O–H groups in total. The fraction of sp³-hybridized carbons (Fsp3) is 0.571. The average Bonchev–Trinajstić information content (AvgIpc) is 2.84. The number of rotatable bonds is 7. The number of primary amides is 1. The third kappa shape index (κ3) is 3.42. The van der Waals surface area contributed by atoms with Gasteiger partial charge in [-0.15, -0.1) is 0 Å². The van der Waals surface area contributed by atoms with Crippen LogP contribution in [0.5, 0.6) is 5.88 Å². The van der Waals surface area contributed by atoms with E-state index in [9.17, 15) is 19.2 Å². The van der Waals surface area contributed by atoms with E-state index in [1.807, 2.05) is 13.8 Å². The van der Waals surface area contributed by atoms with Crippen LogP contribution in [-0.2, 0) is 9.59 Å². The summed E-state index contributed by atoms with van der Waals surface area (Å²) >= 11 is 0. The van der Waals surface area contributed by atoms with Crippen LogP contribution >= 0.6 is 0 Å². The van der Waals surface area contributed by atoms with Gasteiger partial charge in [-0.3, -0.25) is 24.2 Å². The van der Waals surface area contributed by atoms with Crippen molar-refractivity contribution in [1.82, 2.24) is 14.8 Å². The van der Waals surface area contributed by atoms with Gasteiger partial charge in [-0.1, -0.05) is 13.8 Å². The molecule has 1 aromatic heterocycles. The summed E-state index contributed by atoms with van der Waals surface area (Å²) in [7, 11) is 0.